The van der Waals surface area contributed by atoms with E-state index in [2.05, 4.69) is 20.4 Å². The minimum Gasteiger partial charge on any atom is -0.236 e. The van der Waals surface area contributed by atoms with Gasteiger partial charge in [0.2, 0.25) is 0 Å². The Morgan fingerprint density at radius 1 is 1.26 bits per heavy atom. The average molecular weight is 308 g/mol. The fourth-order valence-corrected chi connectivity index (χ4v) is 3.62. The van der Waals surface area contributed by atoms with Gasteiger partial charge in [-0.15, -0.1) is 0 Å². The zero-order valence-electron chi connectivity index (χ0n) is 10.1. The smallest absolute Gasteiger partial charge is 0.170 e. The van der Waals surface area contributed by atoms with E-state index in [0.29, 0.717) is 5.15 Å². The number of halogens is 1. The van der Waals surface area contributed by atoms with Gasteiger partial charge in [-0.25, -0.2) is 9.97 Å². The number of fused-ring (bicyclic) bond motifs is 1. The van der Waals surface area contributed by atoms with Crippen LogP contribution in [0.25, 0.3) is 10.9 Å². The number of thioether (sulfide) groups is 1. The molecule has 0 radical (unpaired) electrons. The summed E-state index contributed by atoms with van der Waals surface area (Å²) in [5.74, 6) is 1.57. The fourth-order valence-electron chi connectivity index (χ4n) is 1.71. The minimum absolute atomic E-state index is 0.562. The van der Waals surface area contributed by atoms with E-state index in [0.717, 1.165) is 32.4 Å². The monoisotopic (exact) mass is 307 g/mol. The Balaban J connectivity index is 1.86. The van der Waals surface area contributed by atoms with Crippen molar-refractivity contribution in [3.05, 3.63) is 46.9 Å². The maximum atomic E-state index is 6.22. The van der Waals surface area contributed by atoms with E-state index in [-0.39, 0.29) is 0 Å². The lowest BCUT2D eigenvalue weighted by molar-refractivity contribution is 1.10. The van der Waals surface area contributed by atoms with Gasteiger partial charge in [0.25, 0.3) is 0 Å². The van der Waals surface area contributed by atoms with Gasteiger partial charge < -0.3 is 0 Å². The third kappa shape index (κ3) is 2.88. The first-order chi connectivity index (χ1) is 9.22. The second-order valence-electron chi connectivity index (χ2n) is 4.03. The molecule has 19 heavy (non-hydrogen) atoms. The summed E-state index contributed by atoms with van der Waals surface area (Å²) in [6.07, 6.45) is 0. The molecule has 96 valence electrons. The summed E-state index contributed by atoms with van der Waals surface area (Å²) in [6, 6.07) is 10.1. The minimum atomic E-state index is 0.562. The van der Waals surface area contributed by atoms with Gasteiger partial charge in [0.05, 0.1) is 5.52 Å². The normalized spacial score (nSPS) is 11.1. The van der Waals surface area contributed by atoms with E-state index < -0.39 is 0 Å². The quantitative estimate of drug-likeness (QED) is 0.533. The van der Waals surface area contributed by atoms with Gasteiger partial charge in [0, 0.05) is 16.7 Å². The van der Waals surface area contributed by atoms with Gasteiger partial charge >= 0.3 is 0 Å². The van der Waals surface area contributed by atoms with Crippen molar-refractivity contribution >= 4 is 45.8 Å². The van der Waals surface area contributed by atoms with E-state index in [4.69, 9.17) is 11.6 Å². The molecule has 0 spiro atoms. The van der Waals surface area contributed by atoms with Crippen LogP contribution in [0.15, 0.2) is 34.7 Å². The maximum Gasteiger partial charge on any atom is 0.170 e. The van der Waals surface area contributed by atoms with Crippen molar-refractivity contribution in [2.45, 2.75) is 17.0 Å². The summed E-state index contributed by atoms with van der Waals surface area (Å²) in [7, 11) is 0. The van der Waals surface area contributed by atoms with E-state index in [1.54, 1.807) is 11.8 Å². The molecular formula is C13H10ClN3S2. The first kappa shape index (κ1) is 12.8. The van der Waals surface area contributed by atoms with Gasteiger partial charge in [-0.1, -0.05) is 41.6 Å². The Morgan fingerprint density at radius 3 is 2.89 bits per heavy atom. The zero-order valence-corrected chi connectivity index (χ0v) is 12.5. The number of benzene rings is 1. The highest BCUT2D eigenvalue weighted by Crippen LogP contribution is 2.28. The summed E-state index contributed by atoms with van der Waals surface area (Å²) in [6.45, 7) is 1.89. The lowest BCUT2D eigenvalue weighted by atomic mass is 10.2. The molecule has 3 nitrogen and oxygen atoms in total. The van der Waals surface area contributed by atoms with Crippen molar-refractivity contribution in [1.82, 2.24) is 14.3 Å². The van der Waals surface area contributed by atoms with Crippen molar-refractivity contribution in [2.75, 3.05) is 0 Å². The van der Waals surface area contributed by atoms with Crippen LogP contribution in [-0.2, 0) is 5.75 Å². The molecular weight excluding hydrogens is 298 g/mol. The lowest BCUT2D eigenvalue weighted by Crippen LogP contribution is -1.88. The second-order valence-corrected chi connectivity index (χ2v) is 6.36. The Hall–Kier alpha value is -1.17. The Labute approximate surface area is 124 Å². The molecule has 0 fully saturated rings. The van der Waals surface area contributed by atoms with Crippen LogP contribution in [0.5, 0.6) is 0 Å². The molecule has 1 aromatic carbocycles. The van der Waals surface area contributed by atoms with Crippen LogP contribution < -0.4 is 0 Å². The standard InChI is InChI=1S/C13H10ClN3S2/c1-8-15-13(19-17-8)18-7-10-6-9-4-2-3-5-11(9)16-12(10)14/h2-6H,7H2,1H3. The summed E-state index contributed by atoms with van der Waals surface area (Å²) >= 11 is 9.27. The highest BCUT2D eigenvalue weighted by molar-refractivity contribution is 8.00. The number of hydrogen-bond donors (Lipinski definition) is 0. The predicted molar refractivity (Wildman–Crippen MR) is 81.0 cm³/mol. The van der Waals surface area contributed by atoms with Crippen LogP contribution in [0.1, 0.15) is 11.4 Å². The summed E-state index contributed by atoms with van der Waals surface area (Å²) < 4.78 is 5.12. The van der Waals surface area contributed by atoms with Gasteiger partial charge in [-0.2, -0.15) is 4.37 Å². The van der Waals surface area contributed by atoms with Crippen molar-refractivity contribution in [3.8, 4) is 0 Å². The van der Waals surface area contributed by atoms with Gasteiger partial charge in [0.1, 0.15) is 11.0 Å². The van der Waals surface area contributed by atoms with Crippen LogP contribution >= 0.6 is 34.9 Å². The van der Waals surface area contributed by atoms with Gasteiger partial charge in [-0.05, 0) is 30.6 Å². The number of para-hydroxylation sites is 1. The molecule has 0 atom stereocenters. The number of nitrogens with zero attached hydrogens (tertiary/aromatic N) is 3. The molecule has 0 unspecified atom stereocenters. The van der Waals surface area contributed by atoms with E-state index >= 15 is 0 Å². The van der Waals surface area contributed by atoms with Gasteiger partial charge in [0.15, 0.2) is 4.34 Å². The molecule has 0 saturated carbocycles. The number of pyridine rings is 1. The topological polar surface area (TPSA) is 38.7 Å². The van der Waals surface area contributed by atoms with Crippen LogP contribution in [-0.4, -0.2) is 14.3 Å². The van der Waals surface area contributed by atoms with Gasteiger partial charge in [-0.3, -0.25) is 0 Å². The van der Waals surface area contributed by atoms with Crippen molar-refractivity contribution in [3.63, 3.8) is 0 Å². The first-order valence-electron chi connectivity index (χ1n) is 5.69. The van der Waals surface area contributed by atoms with Crippen molar-refractivity contribution in [1.29, 1.82) is 0 Å². The second kappa shape index (κ2) is 5.45. The molecule has 3 aromatic rings. The molecule has 3 rings (SSSR count). The molecule has 0 aliphatic rings. The molecule has 0 aliphatic heterocycles. The Kier molecular flexibility index (Phi) is 3.68. The van der Waals surface area contributed by atoms with Crippen LogP contribution in [0.4, 0.5) is 0 Å². The van der Waals surface area contributed by atoms with Crippen molar-refractivity contribution in [2.24, 2.45) is 0 Å². The van der Waals surface area contributed by atoms with E-state index in [9.17, 15) is 0 Å². The zero-order chi connectivity index (χ0) is 13.2. The first-order valence-corrected chi connectivity index (χ1v) is 7.83. The van der Waals surface area contributed by atoms with Crippen molar-refractivity contribution < 1.29 is 0 Å². The molecule has 2 aromatic heterocycles. The third-order valence-corrected chi connectivity index (χ3v) is 4.91. The maximum absolute atomic E-state index is 6.22. The molecule has 6 heteroatoms. The SMILES string of the molecule is Cc1nsc(SCc2cc3ccccc3nc2Cl)n1. The highest BCUT2D eigenvalue weighted by atomic mass is 35.5. The van der Waals surface area contributed by atoms with Crippen LogP contribution in [0, 0.1) is 6.92 Å². The third-order valence-electron chi connectivity index (χ3n) is 2.61. The number of aromatic nitrogens is 3. The molecule has 0 bridgehead atoms. The average Bonchev–Trinajstić information content (AvgIpc) is 2.82. The highest BCUT2D eigenvalue weighted by Gasteiger charge is 2.07. The lowest BCUT2D eigenvalue weighted by Gasteiger charge is -2.04. The largest absolute Gasteiger partial charge is 0.236 e. The Morgan fingerprint density at radius 2 is 2.11 bits per heavy atom. The predicted octanol–water partition coefficient (Wildman–Crippen LogP) is 4.34. The molecule has 0 aliphatic carbocycles. The number of aryl methyl sites for hydroxylation is 1. The van der Waals surface area contributed by atoms with Crippen LogP contribution in [0.2, 0.25) is 5.15 Å². The molecule has 0 N–H and O–H groups in total. The number of hydrogen-bond acceptors (Lipinski definition) is 5. The van der Waals surface area contributed by atoms with E-state index in [1.807, 2.05) is 31.2 Å². The molecule has 0 amide bonds. The van der Waals surface area contributed by atoms with E-state index in [1.165, 1.54) is 11.5 Å². The summed E-state index contributed by atoms with van der Waals surface area (Å²) in [4.78, 5) is 8.74. The van der Waals surface area contributed by atoms with Crippen LogP contribution in [0.3, 0.4) is 0 Å². The molecule has 0 saturated heterocycles. The summed E-state index contributed by atoms with van der Waals surface area (Å²) in [5.41, 5.74) is 1.95. The molecule has 2 heterocycles. The summed E-state index contributed by atoms with van der Waals surface area (Å²) in [5, 5.41) is 1.67. The Bertz CT molecular complexity index is 727. The number of rotatable bonds is 3. The fraction of sp³-hybridized carbons (Fsp3) is 0.154.